The molecule has 0 unspecified atom stereocenters. The molecular formula is C30H47FN2O20. The van der Waals surface area contributed by atoms with Gasteiger partial charge in [-0.05, 0) is 12.8 Å². The molecule has 15 atom stereocenters. The van der Waals surface area contributed by atoms with Crippen LogP contribution in [0.2, 0.25) is 0 Å². The SMILES string of the molecule is O=C(CCCCC(=O)ON1C(=O)CCC1=O)NCCO[C@@H]1O[C@H](CO[C@H]2O[C@H](CO)[C@@H](O)[C@H](O)[C@@H]2O)[C@@H](O)[C@H](O[C@H]2O[C@H](CO)[C@@H](O)[C@H](O)[C@@H]2O)[C@H]1F. The second-order valence-corrected chi connectivity index (χ2v) is 12.8. The molecule has 10 N–H and O–H groups in total. The number of aliphatic hydroxyl groups is 9. The summed E-state index contributed by atoms with van der Waals surface area (Å²) in [6, 6.07) is 0. The second-order valence-electron chi connectivity index (χ2n) is 12.8. The number of carbonyl (C=O) groups is 4. The standard InChI is InChI=1S/C30H47FN2O20/c31-19-27(52-30-26(46)24(44)21(41)13(10-35)50-30)22(42)14(11-48-29-25(45)23(43)20(40)12(9-34)49-29)51-28(19)47-8-7-32-15(36)3-1-2-4-18(39)53-33-16(37)5-6-17(33)38/h12-14,19-30,34-35,40-46H,1-11H2,(H,32,36)/t12-,13-,14-,19-,20-,21-,22-,23+,24+,25+,26+,27-,28-,29+,30-/m1/s1. The number of nitrogens with zero attached hydrogens (tertiary/aromatic N) is 1. The van der Waals surface area contributed by atoms with Crippen LogP contribution in [0.1, 0.15) is 38.5 Å². The van der Waals surface area contributed by atoms with Crippen LogP contribution in [0.4, 0.5) is 4.39 Å². The highest BCUT2D eigenvalue weighted by atomic mass is 19.1. The first-order valence-electron chi connectivity index (χ1n) is 17.0. The third-order valence-electron chi connectivity index (χ3n) is 8.95. The van der Waals surface area contributed by atoms with Crippen molar-refractivity contribution in [1.82, 2.24) is 10.4 Å². The molecule has 4 aliphatic rings. The van der Waals surface area contributed by atoms with Gasteiger partial charge in [0, 0.05) is 32.2 Å². The Morgan fingerprint density at radius 2 is 1.26 bits per heavy atom. The van der Waals surface area contributed by atoms with Crippen LogP contribution in [0.15, 0.2) is 0 Å². The van der Waals surface area contributed by atoms with Crippen LogP contribution in [0, 0.1) is 0 Å². The van der Waals surface area contributed by atoms with Crippen molar-refractivity contribution in [2.45, 2.75) is 131 Å². The lowest BCUT2D eigenvalue weighted by molar-refractivity contribution is -0.359. The van der Waals surface area contributed by atoms with E-state index in [1.54, 1.807) is 0 Å². The molecule has 0 saturated carbocycles. The van der Waals surface area contributed by atoms with Crippen molar-refractivity contribution in [2.75, 3.05) is 33.0 Å². The Morgan fingerprint density at radius 3 is 1.87 bits per heavy atom. The van der Waals surface area contributed by atoms with E-state index in [2.05, 4.69) is 5.32 Å². The predicted molar refractivity (Wildman–Crippen MR) is 163 cm³/mol. The highest BCUT2D eigenvalue weighted by Crippen LogP contribution is 2.32. The Kier molecular flexibility index (Phi) is 16.1. The van der Waals surface area contributed by atoms with E-state index in [-0.39, 0.29) is 51.7 Å². The van der Waals surface area contributed by atoms with Crippen molar-refractivity contribution in [2.24, 2.45) is 0 Å². The largest absolute Gasteiger partial charge is 0.394 e. The Balaban J connectivity index is 1.30. The number of aliphatic hydroxyl groups excluding tert-OH is 9. The number of imide groups is 1. The van der Waals surface area contributed by atoms with E-state index in [4.69, 9.17) is 33.3 Å². The molecule has 4 fully saturated rings. The summed E-state index contributed by atoms with van der Waals surface area (Å²) in [6.45, 7) is -2.86. The summed E-state index contributed by atoms with van der Waals surface area (Å²) in [6.07, 6.45) is -26.8. The zero-order valence-corrected chi connectivity index (χ0v) is 28.3. The molecule has 4 saturated heterocycles. The number of nitrogens with one attached hydrogen (secondary N) is 1. The van der Waals surface area contributed by atoms with Crippen LogP contribution >= 0.6 is 0 Å². The molecular weight excluding hydrogens is 727 g/mol. The maximum Gasteiger partial charge on any atom is 0.333 e. The molecule has 0 radical (unpaired) electrons. The maximum absolute atomic E-state index is 15.9. The average Bonchev–Trinajstić information content (AvgIpc) is 3.45. The Labute approximate surface area is 300 Å². The number of carbonyl (C=O) groups excluding carboxylic acids is 4. The minimum atomic E-state index is -2.34. The number of unbranched alkanes of at least 4 members (excludes halogenated alkanes) is 1. The first-order valence-corrected chi connectivity index (χ1v) is 17.0. The van der Waals surface area contributed by atoms with Crippen LogP contribution in [0.25, 0.3) is 0 Å². The summed E-state index contributed by atoms with van der Waals surface area (Å²) in [7, 11) is 0. The lowest BCUT2D eigenvalue weighted by Crippen LogP contribution is -2.64. The van der Waals surface area contributed by atoms with E-state index < -0.39 is 136 Å². The molecule has 0 aromatic carbocycles. The summed E-state index contributed by atoms with van der Waals surface area (Å²) >= 11 is 0. The first-order chi connectivity index (χ1) is 25.2. The van der Waals surface area contributed by atoms with Crippen LogP contribution in [0.5, 0.6) is 0 Å². The molecule has 22 nitrogen and oxygen atoms in total. The van der Waals surface area contributed by atoms with E-state index in [9.17, 15) is 65.1 Å². The van der Waals surface area contributed by atoms with E-state index in [0.717, 1.165) is 0 Å². The van der Waals surface area contributed by atoms with Crippen molar-refractivity contribution in [3.63, 3.8) is 0 Å². The molecule has 0 aromatic rings. The van der Waals surface area contributed by atoms with Crippen molar-refractivity contribution in [3.8, 4) is 0 Å². The zero-order chi connectivity index (χ0) is 39.0. The molecule has 0 spiro atoms. The summed E-state index contributed by atoms with van der Waals surface area (Å²) in [5.74, 6) is -2.52. The minimum Gasteiger partial charge on any atom is -0.394 e. The van der Waals surface area contributed by atoms with Gasteiger partial charge in [-0.2, -0.15) is 0 Å². The number of hydrogen-bond acceptors (Lipinski definition) is 20. The van der Waals surface area contributed by atoms with Gasteiger partial charge in [0.1, 0.15) is 67.1 Å². The fourth-order valence-electron chi connectivity index (χ4n) is 5.85. The van der Waals surface area contributed by atoms with E-state index in [0.29, 0.717) is 5.06 Å². The van der Waals surface area contributed by atoms with Crippen LogP contribution in [-0.4, -0.2) is 200 Å². The molecule has 53 heavy (non-hydrogen) atoms. The van der Waals surface area contributed by atoms with Gasteiger partial charge in [0.05, 0.1) is 26.4 Å². The van der Waals surface area contributed by atoms with Crippen molar-refractivity contribution in [3.05, 3.63) is 0 Å². The monoisotopic (exact) mass is 774 g/mol. The topological polar surface area (TPSA) is 330 Å². The summed E-state index contributed by atoms with van der Waals surface area (Å²) in [5, 5.41) is 94.0. The summed E-state index contributed by atoms with van der Waals surface area (Å²) in [5.41, 5.74) is 0. The van der Waals surface area contributed by atoms with Crippen molar-refractivity contribution in [1.29, 1.82) is 0 Å². The van der Waals surface area contributed by atoms with E-state index in [1.807, 2.05) is 0 Å². The fourth-order valence-corrected chi connectivity index (χ4v) is 5.85. The van der Waals surface area contributed by atoms with Gasteiger partial charge in [0.2, 0.25) is 5.91 Å². The summed E-state index contributed by atoms with van der Waals surface area (Å²) < 4.78 is 48.4. The molecule has 4 aliphatic heterocycles. The molecule has 0 bridgehead atoms. The lowest BCUT2D eigenvalue weighted by atomic mass is 9.97. The lowest BCUT2D eigenvalue weighted by Gasteiger charge is -2.46. The number of alkyl halides is 1. The Morgan fingerprint density at radius 1 is 0.717 bits per heavy atom. The van der Waals surface area contributed by atoms with Gasteiger partial charge in [-0.3, -0.25) is 14.4 Å². The van der Waals surface area contributed by atoms with Crippen LogP contribution in [-0.2, 0) is 52.4 Å². The smallest absolute Gasteiger partial charge is 0.333 e. The molecule has 4 rings (SSSR count). The number of ether oxygens (including phenoxy) is 6. The maximum atomic E-state index is 15.9. The van der Waals surface area contributed by atoms with Gasteiger partial charge in [-0.25, -0.2) is 9.18 Å². The first kappa shape index (κ1) is 43.1. The van der Waals surface area contributed by atoms with Crippen molar-refractivity contribution >= 4 is 23.7 Å². The van der Waals surface area contributed by atoms with E-state index >= 15 is 4.39 Å². The third kappa shape index (κ3) is 10.8. The Hall–Kier alpha value is -2.59. The number of rotatable bonds is 17. The van der Waals surface area contributed by atoms with Gasteiger partial charge >= 0.3 is 5.97 Å². The van der Waals surface area contributed by atoms with Gasteiger partial charge in [0.15, 0.2) is 25.0 Å². The second kappa shape index (κ2) is 19.8. The van der Waals surface area contributed by atoms with Gasteiger partial charge in [0.25, 0.3) is 11.8 Å². The van der Waals surface area contributed by atoms with Gasteiger partial charge < -0.3 is 84.5 Å². The number of hydrogen-bond donors (Lipinski definition) is 10. The number of amides is 3. The van der Waals surface area contributed by atoms with E-state index in [1.165, 1.54) is 0 Å². The van der Waals surface area contributed by atoms with Gasteiger partial charge in [-0.1, -0.05) is 0 Å². The number of halogens is 1. The third-order valence-corrected chi connectivity index (χ3v) is 8.95. The Bertz CT molecular complexity index is 1220. The summed E-state index contributed by atoms with van der Waals surface area (Å²) in [4.78, 5) is 52.0. The van der Waals surface area contributed by atoms with Crippen LogP contribution < -0.4 is 5.32 Å². The minimum absolute atomic E-state index is 0.0426. The molecule has 304 valence electrons. The quantitative estimate of drug-likeness (QED) is 0.0485. The highest BCUT2D eigenvalue weighted by molar-refractivity contribution is 6.01. The fraction of sp³-hybridized carbons (Fsp3) is 0.867. The normalized spacial score (nSPS) is 39.3. The van der Waals surface area contributed by atoms with Crippen molar-refractivity contribution < 1.29 is 103 Å². The highest BCUT2D eigenvalue weighted by Gasteiger charge is 2.52. The number of hydroxylamine groups is 2. The molecule has 0 aliphatic carbocycles. The average molecular weight is 775 g/mol. The van der Waals surface area contributed by atoms with Gasteiger partial charge in [-0.15, -0.1) is 5.06 Å². The molecule has 23 heteroatoms. The molecule has 4 heterocycles. The molecule has 3 amide bonds. The zero-order valence-electron chi connectivity index (χ0n) is 28.3. The molecule has 0 aromatic heterocycles. The van der Waals surface area contributed by atoms with Crippen LogP contribution in [0.3, 0.4) is 0 Å². The predicted octanol–water partition coefficient (Wildman–Crippen LogP) is -6.29.